The first kappa shape index (κ1) is 16.0. The molecule has 0 N–H and O–H groups in total. The van der Waals surface area contributed by atoms with Crippen molar-refractivity contribution in [2.75, 3.05) is 14.2 Å². The Bertz CT molecular complexity index is 927. The summed E-state index contributed by atoms with van der Waals surface area (Å²) < 4.78 is 17.4. The summed E-state index contributed by atoms with van der Waals surface area (Å²) >= 11 is 0. The molecule has 1 aromatic carbocycles. The first-order valence-electron chi connectivity index (χ1n) is 7.61. The van der Waals surface area contributed by atoms with E-state index in [1.54, 1.807) is 32.5 Å². The van der Waals surface area contributed by atoms with Crippen molar-refractivity contribution in [3.8, 4) is 11.5 Å². The minimum absolute atomic E-state index is 0.155. The van der Waals surface area contributed by atoms with E-state index in [1.165, 1.54) is 4.57 Å². The van der Waals surface area contributed by atoms with E-state index in [0.29, 0.717) is 34.0 Å². The van der Waals surface area contributed by atoms with Crippen LogP contribution < -0.4 is 15.0 Å². The summed E-state index contributed by atoms with van der Waals surface area (Å²) in [5.74, 6) is 2.33. The van der Waals surface area contributed by atoms with E-state index in [0.717, 1.165) is 0 Å². The average Bonchev–Trinajstić information content (AvgIpc) is 3.05. The van der Waals surface area contributed by atoms with Gasteiger partial charge in [-0.05, 0) is 18.2 Å². The molecule has 0 aliphatic carbocycles. The summed E-state index contributed by atoms with van der Waals surface area (Å²) in [6.45, 7) is 4.19. The number of rotatable bonds is 5. The average molecular weight is 329 g/mol. The van der Waals surface area contributed by atoms with Gasteiger partial charge in [0.1, 0.15) is 6.54 Å². The van der Waals surface area contributed by atoms with Crippen LogP contribution in [0.4, 0.5) is 0 Å². The maximum Gasteiger partial charge on any atom is 0.259 e. The molecule has 2 aromatic heterocycles. The van der Waals surface area contributed by atoms with Gasteiger partial charge in [0.2, 0.25) is 5.89 Å². The minimum Gasteiger partial charge on any atom is -0.493 e. The number of pyridine rings is 1. The highest BCUT2D eigenvalue weighted by molar-refractivity contribution is 5.90. The molecule has 0 radical (unpaired) electrons. The fourth-order valence-corrected chi connectivity index (χ4v) is 2.53. The van der Waals surface area contributed by atoms with Gasteiger partial charge >= 0.3 is 0 Å². The quantitative estimate of drug-likeness (QED) is 0.716. The second-order valence-electron chi connectivity index (χ2n) is 5.71. The standard InChI is InChI=1S/C17H19N3O4/c1-10(2)16-18-14(24-19-16)9-20-8-7-11-12(17(20)21)5-6-13(22-3)15(11)23-4/h5-8,10H,9H2,1-4H3. The Kier molecular flexibility index (Phi) is 4.24. The van der Waals surface area contributed by atoms with E-state index in [-0.39, 0.29) is 18.0 Å². The van der Waals surface area contributed by atoms with Crippen LogP contribution >= 0.6 is 0 Å². The monoisotopic (exact) mass is 329 g/mol. The highest BCUT2D eigenvalue weighted by Crippen LogP contribution is 2.33. The SMILES string of the molecule is COc1ccc2c(=O)n(Cc3nc(C(C)C)no3)ccc2c1OC. The van der Waals surface area contributed by atoms with Crippen LogP contribution in [0, 0.1) is 0 Å². The van der Waals surface area contributed by atoms with E-state index >= 15 is 0 Å². The van der Waals surface area contributed by atoms with Gasteiger partial charge in [-0.15, -0.1) is 0 Å². The van der Waals surface area contributed by atoms with Gasteiger partial charge in [0.15, 0.2) is 17.3 Å². The van der Waals surface area contributed by atoms with Crippen molar-refractivity contribution >= 4 is 10.8 Å². The van der Waals surface area contributed by atoms with Gasteiger partial charge < -0.3 is 18.6 Å². The van der Waals surface area contributed by atoms with Crippen LogP contribution in [0.15, 0.2) is 33.7 Å². The topological polar surface area (TPSA) is 79.4 Å². The molecule has 3 aromatic rings. The number of hydrogen-bond donors (Lipinski definition) is 0. The number of ether oxygens (including phenoxy) is 2. The zero-order valence-corrected chi connectivity index (χ0v) is 14.1. The molecule has 0 saturated heterocycles. The Morgan fingerprint density at radius 2 is 1.96 bits per heavy atom. The molecule has 0 spiro atoms. The lowest BCUT2D eigenvalue weighted by atomic mass is 10.1. The van der Waals surface area contributed by atoms with Gasteiger partial charge in [0, 0.05) is 17.5 Å². The van der Waals surface area contributed by atoms with Crippen molar-refractivity contribution in [2.24, 2.45) is 0 Å². The molecule has 0 aliphatic rings. The largest absolute Gasteiger partial charge is 0.493 e. The molecular formula is C17H19N3O4. The summed E-state index contributed by atoms with van der Waals surface area (Å²) in [5, 5.41) is 5.16. The first-order valence-corrected chi connectivity index (χ1v) is 7.61. The molecule has 126 valence electrons. The van der Waals surface area contributed by atoms with E-state index in [2.05, 4.69) is 10.1 Å². The molecule has 0 fully saturated rings. The smallest absolute Gasteiger partial charge is 0.259 e. The molecule has 3 rings (SSSR count). The molecule has 0 atom stereocenters. The molecule has 2 heterocycles. The van der Waals surface area contributed by atoms with Crippen LogP contribution in [0.3, 0.4) is 0 Å². The Balaban J connectivity index is 2.04. The van der Waals surface area contributed by atoms with Crippen molar-refractivity contribution in [2.45, 2.75) is 26.3 Å². The van der Waals surface area contributed by atoms with Crippen LogP contribution in [0.5, 0.6) is 11.5 Å². The van der Waals surface area contributed by atoms with Gasteiger partial charge in [-0.25, -0.2) is 0 Å². The Morgan fingerprint density at radius 1 is 1.17 bits per heavy atom. The van der Waals surface area contributed by atoms with Crippen LogP contribution in [-0.4, -0.2) is 28.9 Å². The molecular weight excluding hydrogens is 310 g/mol. The number of aromatic nitrogens is 3. The molecule has 0 unspecified atom stereocenters. The number of benzene rings is 1. The highest BCUT2D eigenvalue weighted by Gasteiger charge is 2.14. The second kappa shape index (κ2) is 6.35. The van der Waals surface area contributed by atoms with Gasteiger partial charge in [-0.2, -0.15) is 4.98 Å². The summed E-state index contributed by atoms with van der Waals surface area (Å²) in [6.07, 6.45) is 1.69. The van der Waals surface area contributed by atoms with Crippen LogP contribution in [-0.2, 0) is 6.54 Å². The van der Waals surface area contributed by atoms with Crippen molar-refractivity contribution in [1.29, 1.82) is 0 Å². The third-order valence-corrected chi connectivity index (χ3v) is 3.80. The maximum atomic E-state index is 12.7. The Morgan fingerprint density at radius 3 is 2.58 bits per heavy atom. The lowest BCUT2D eigenvalue weighted by Crippen LogP contribution is -2.20. The zero-order valence-electron chi connectivity index (χ0n) is 14.1. The summed E-state index contributed by atoms with van der Waals surface area (Å²) in [6, 6.07) is 5.26. The minimum atomic E-state index is -0.155. The summed E-state index contributed by atoms with van der Waals surface area (Å²) in [4.78, 5) is 17.0. The zero-order chi connectivity index (χ0) is 17.3. The van der Waals surface area contributed by atoms with Crippen molar-refractivity contribution in [3.05, 3.63) is 46.5 Å². The van der Waals surface area contributed by atoms with Gasteiger partial charge in [-0.3, -0.25) is 4.79 Å². The normalized spacial score (nSPS) is 11.2. The lowest BCUT2D eigenvalue weighted by Gasteiger charge is -2.11. The van der Waals surface area contributed by atoms with Gasteiger partial charge in [0.25, 0.3) is 5.56 Å². The molecule has 0 bridgehead atoms. The van der Waals surface area contributed by atoms with E-state index < -0.39 is 0 Å². The van der Waals surface area contributed by atoms with Gasteiger partial charge in [-0.1, -0.05) is 19.0 Å². The predicted molar refractivity (Wildman–Crippen MR) is 88.8 cm³/mol. The highest BCUT2D eigenvalue weighted by atomic mass is 16.5. The van der Waals surface area contributed by atoms with Crippen LogP contribution in [0.2, 0.25) is 0 Å². The van der Waals surface area contributed by atoms with Crippen LogP contribution in [0.25, 0.3) is 10.8 Å². The Labute approximate surface area is 138 Å². The number of fused-ring (bicyclic) bond motifs is 1. The molecule has 0 amide bonds. The summed E-state index contributed by atoms with van der Waals surface area (Å²) in [7, 11) is 3.11. The third kappa shape index (κ3) is 2.73. The number of nitrogens with zero attached hydrogens (tertiary/aromatic N) is 3. The predicted octanol–water partition coefficient (Wildman–Crippen LogP) is 2.57. The van der Waals surface area contributed by atoms with Crippen LogP contribution in [0.1, 0.15) is 31.5 Å². The van der Waals surface area contributed by atoms with E-state index in [1.807, 2.05) is 19.9 Å². The summed E-state index contributed by atoms with van der Waals surface area (Å²) in [5.41, 5.74) is -0.155. The molecule has 7 heteroatoms. The second-order valence-corrected chi connectivity index (χ2v) is 5.71. The van der Waals surface area contributed by atoms with E-state index in [4.69, 9.17) is 14.0 Å². The number of methoxy groups -OCH3 is 2. The van der Waals surface area contributed by atoms with Crippen molar-refractivity contribution in [1.82, 2.24) is 14.7 Å². The van der Waals surface area contributed by atoms with Gasteiger partial charge in [0.05, 0.1) is 19.6 Å². The Hall–Kier alpha value is -2.83. The molecule has 0 saturated carbocycles. The molecule has 0 aliphatic heterocycles. The third-order valence-electron chi connectivity index (χ3n) is 3.80. The van der Waals surface area contributed by atoms with Crippen molar-refractivity contribution < 1.29 is 14.0 Å². The van der Waals surface area contributed by atoms with E-state index in [9.17, 15) is 4.79 Å². The lowest BCUT2D eigenvalue weighted by molar-refractivity contribution is 0.358. The fraction of sp³-hybridized carbons (Fsp3) is 0.353. The molecule has 24 heavy (non-hydrogen) atoms. The first-order chi connectivity index (χ1) is 11.5. The number of hydrogen-bond acceptors (Lipinski definition) is 6. The van der Waals surface area contributed by atoms with Crippen molar-refractivity contribution in [3.63, 3.8) is 0 Å². The molecule has 7 nitrogen and oxygen atoms in total. The fourth-order valence-electron chi connectivity index (χ4n) is 2.53. The maximum absolute atomic E-state index is 12.7.